The van der Waals surface area contributed by atoms with Gasteiger partial charge in [0.15, 0.2) is 5.88 Å². The lowest BCUT2D eigenvalue weighted by Crippen LogP contribution is -2.05. The predicted molar refractivity (Wildman–Crippen MR) is 67.0 cm³/mol. The van der Waals surface area contributed by atoms with Crippen molar-refractivity contribution in [2.45, 2.75) is 6.92 Å². The van der Waals surface area contributed by atoms with Crippen LogP contribution < -0.4 is 16.2 Å². The van der Waals surface area contributed by atoms with Gasteiger partial charge in [0.1, 0.15) is 11.8 Å². The smallest absolute Gasteiger partial charge is 0.190 e. The van der Waals surface area contributed by atoms with Crippen LogP contribution in [0, 0.1) is 11.3 Å². The third-order valence-electron chi connectivity index (χ3n) is 1.81. The number of halogens is 1. The van der Waals surface area contributed by atoms with E-state index in [9.17, 15) is 0 Å². The SMILES string of the molecule is C/C(N)=C/C=C(\N)Oc1ccc(C#N)c(Cl)c1. The molecule has 0 saturated carbocycles. The topological polar surface area (TPSA) is 85.1 Å². The molecule has 1 aromatic carbocycles. The Hall–Kier alpha value is -2.12. The Morgan fingerprint density at radius 2 is 2.12 bits per heavy atom. The van der Waals surface area contributed by atoms with Gasteiger partial charge in [-0.15, -0.1) is 0 Å². The first kappa shape index (κ1) is 12.9. The van der Waals surface area contributed by atoms with Gasteiger partial charge in [0, 0.05) is 11.8 Å². The summed E-state index contributed by atoms with van der Waals surface area (Å²) in [5.74, 6) is 0.654. The quantitative estimate of drug-likeness (QED) is 0.636. The van der Waals surface area contributed by atoms with Crippen LogP contribution in [0.4, 0.5) is 0 Å². The van der Waals surface area contributed by atoms with E-state index in [4.69, 9.17) is 33.1 Å². The summed E-state index contributed by atoms with van der Waals surface area (Å²) in [7, 11) is 0. The fraction of sp³-hybridized carbons (Fsp3) is 0.0833. The highest BCUT2D eigenvalue weighted by Gasteiger charge is 2.02. The van der Waals surface area contributed by atoms with Gasteiger partial charge in [-0.25, -0.2) is 0 Å². The van der Waals surface area contributed by atoms with Gasteiger partial charge in [-0.3, -0.25) is 0 Å². The second-order valence-corrected chi connectivity index (χ2v) is 3.74. The summed E-state index contributed by atoms with van der Waals surface area (Å²) < 4.78 is 5.29. The van der Waals surface area contributed by atoms with Crippen molar-refractivity contribution in [2.75, 3.05) is 0 Å². The number of benzene rings is 1. The zero-order valence-corrected chi connectivity index (χ0v) is 10.0. The maximum Gasteiger partial charge on any atom is 0.190 e. The lowest BCUT2D eigenvalue weighted by molar-refractivity contribution is 0.420. The van der Waals surface area contributed by atoms with Gasteiger partial charge in [0.05, 0.1) is 10.6 Å². The van der Waals surface area contributed by atoms with Crippen LogP contribution in [-0.2, 0) is 0 Å². The molecule has 4 N–H and O–H groups in total. The number of allylic oxidation sites excluding steroid dienone is 3. The monoisotopic (exact) mass is 249 g/mol. The second-order valence-electron chi connectivity index (χ2n) is 3.34. The lowest BCUT2D eigenvalue weighted by atomic mass is 10.2. The van der Waals surface area contributed by atoms with E-state index in [0.717, 1.165) is 0 Å². The third kappa shape index (κ3) is 4.09. The molecule has 0 saturated heterocycles. The maximum absolute atomic E-state index is 8.70. The molecule has 0 aromatic heterocycles. The number of ether oxygens (including phenoxy) is 1. The molecule has 0 unspecified atom stereocenters. The minimum Gasteiger partial charge on any atom is -0.442 e. The molecule has 0 aliphatic heterocycles. The number of hydrogen-bond donors (Lipinski definition) is 2. The molecule has 17 heavy (non-hydrogen) atoms. The minimum absolute atomic E-state index is 0.190. The maximum atomic E-state index is 8.70. The molecule has 1 rings (SSSR count). The standard InChI is InChI=1S/C12H12ClN3O/c1-8(15)2-5-12(16)17-10-4-3-9(7-14)11(13)6-10/h2-6H,15-16H2,1H3/b8-2-,12-5+. The van der Waals surface area contributed by atoms with E-state index in [-0.39, 0.29) is 5.88 Å². The van der Waals surface area contributed by atoms with Crippen molar-refractivity contribution >= 4 is 11.6 Å². The Balaban J connectivity index is 2.83. The van der Waals surface area contributed by atoms with E-state index in [2.05, 4.69) is 0 Å². The molecule has 0 spiro atoms. The van der Waals surface area contributed by atoms with Crippen LogP contribution in [0.3, 0.4) is 0 Å². The number of hydrogen-bond acceptors (Lipinski definition) is 4. The van der Waals surface area contributed by atoms with Gasteiger partial charge in [-0.2, -0.15) is 5.26 Å². The third-order valence-corrected chi connectivity index (χ3v) is 2.12. The van der Waals surface area contributed by atoms with E-state index in [0.29, 0.717) is 22.0 Å². The zero-order valence-electron chi connectivity index (χ0n) is 9.27. The van der Waals surface area contributed by atoms with E-state index < -0.39 is 0 Å². The molecule has 0 bridgehead atoms. The van der Waals surface area contributed by atoms with Gasteiger partial charge in [0.25, 0.3) is 0 Å². The largest absolute Gasteiger partial charge is 0.442 e. The Bertz CT molecular complexity index is 511. The normalized spacial score (nSPS) is 12.1. The number of nitriles is 1. The molecule has 5 heteroatoms. The molecule has 4 nitrogen and oxygen atoms in total. The molecule has 0 amide bonds. The Morgan fingerprint density at radius 3 is 2.65 bits per heavy atom. The second kappa shape index (κ2) is 5.83. The van der Waals surface area contributed by atoms with Crippen molar-refractivity contribution in [3.8, 4) is 11.8 Å². The summed E-state index contributed by atoms with van der Waals surface area (Å²) in [6, 6.07) is 6.66. The number of rotatable bonds is 3. The highest BCUT2D eigenvalue weighted by atomic mass is 35.5. The first-order valence-electron chi connectivity index (χ1n) is 4.80. The summed E-state index contributed by atoms with van der Waals surface area (Å²) in [6.45, 7) is 1.74. The molecule has 0 atom stereocenters. The van der Waals surface area contributed by atoms with Crippen molar-refractivity contribution in [3.63, 3.8) is 0 Å². The molecule has 1 aromatic rings. The minimum atomic E-state index is 0.190. The van der Waals surface area contributed by atoms with E-state index in [1.165, 1.54) is 6.07 Å². The fourth-order valence-electron chi connectivity index (χ4n) is 1.03. The van der Waals surface area contributed by atoms with Gasteiger partial charge >= 0.3 is 0 Å². The van der Waals surface area contributed by atoms with Crippen molar-refractivity contribution in [1.82, 2.24) is 0 Å². The van der Waals surface area contributed by atoms with E-state index in [1.54, 1.807) is 31.2 Å². The van der Waals surface area contributed by atoms with E-state index in [1.807, 2.05) is 6.07 Å². The van der Waals surface area contributed by atoms with E-state index >= 15 is 0 Å². The highest BCUT2D eigenvalue weighted by Crippen LogP contribution is 2.22. The first-order valence-corrected chi connectivity index (χ1v) is 5.17. The molecule has 0 aliphatic rings. The van der Waals surface area contributed by atoms with Gasteiger partial charge in [-0.05, 0) is 31.2 Å². The van der Waals surface area contributed by atoms with Crippen LogP contribution in [0.1, 0.15) is 12.5 Å². The Morgan fingerprint density at radius 1 is 1.41 bits per heavy atom. The fourth-order valence-corrected chi connectivity index (χ4v) is 1.25. The van der Waals surface area contributed by atoms with Crippen LogP contribution in [0.25, 0.3) is 0 Å². The average molecular weight is 250 g/mol. The predicted octanol–water partition coefficient (Wildman–Crippen LogP) is 2.25. The Kier molecular flexibility index (Phi) is 4.44. The highest BCUT2D eigenvalue weighted by molar-refractivity contribution is 6.31. The summed E-state index contributed by atoms with van der Waals surface area (Å²) in [6.07, 6.45) is 3.17. The summed E-state index contributed by atoms with van der Waals surface area (Å²) in [5.41, 5.74) is 12.1. The summed E-state index contributed by atoms with van der Waals surface area (Å²) in [4.78, 5) is 0. The molecule has 0 fully saturated rings. The first-order chi connectivity index (χ1) is 8.02. The van der Waals surface area contributed by atoms with Crippen LogP contribution >= 0.6 is 11.6 Å². The van der Waals surface area contributed by atoms with Gasteiger partial charge < -0.3 is 16.2 Å². The van der Waals surface area contributed by atoms with Gasteiger partial charge in [0.2, 0.25) is 0 Å². The van der Waals surface area contributed by atoms with Crippen molar-refractivity contribution in [3.05, 3.63) is 52.5 Å². The van der Waals surface area contributed by atoms with Crippen LogP contribution in [0.5, 0.6) is 5.75 Å². The molecular weight excluding hydrogens is 238 g/mol. The summed E-state index contributed by atoms with van der Waals surface area (Å²) >= 11 is 5.85. The zero-order chi connectivity index (χ0) is 12.8. The van der Waals surface area contributed by atoms with Gasteiger partial charge in [-0.1, -0.05) is 11.6 Å². The van der Waals surface area contributed by atoms with Crippen molar-refractivity contribution in [2.24, 2.45) is 11.5 Å². The summed E-state index contributed by atoms with van der Waals surface area (Å²) in [5, 5.41) is 9.03. The molecule has 88 valence electrons. The number of nitrogens with zero attached hydrogens (tertiary/aromatic N) is 1. The number of nitrogens with two attached hydrogens (primary N) is 2. The lowest BCUT2D eigenvalue weighted by Gasteiger charge is -2.05. The molecule has 0 heterocycles. The van der Waals surface area contributed by atoms with Crippen molar-refractivity contribution in [1.29, 1.82) is 5.26 Å². The average Bonchev–Trinajstić information content (AvgIpc) is 2.26. The van der Waals surface area contributed by atoms with Crippen molar-refractivity contribution < 1.29 is 4.74 Å². The van der Waals surface area contributed by atoms with Crippen LogP contribution in [0.15, 0.2) is 41.9 Å². The van der Waals surface area contributed by atoms with Crippen LogP contribution in [0.2, 0.25) is 5.02 Å². The molecule has 0 aliphatic carbocycles. The Labute approximate surface area is 105 Å². The molecular formula is C12H12ClN3O. The van der Waals surface area contributed by atoms with Crippen LogP contribution in [-0.4, -0.2) is 0 Å². The molecule has 0 radical (unpaired) electrons.